The second-order valence-corrected chi connectivity index (χ2v) is 7.73. The smallest absolute Gasteiger partial charge is 0.416 e. The molecule has 0 radical (unpaired) electrons. The van der Waals surface area contributed by atoms with E-state index >= 15 is 0 Å². The Morgan fingerprint density at radius 2 is 1.86 bits per heavy atom. The Morgan fingerprint density at radius 3 is 2.46 bits per heavy atom. The molecule has 0 aromatic heterocycles. The molecule has 3 rings (SSSR count). The number of carbonyl (C=O) groups excluding carboxylic acids is 1. The number of carboxylic acid groups (broad SMARTS) is 1. The maximum absolute atomic E-state index is 13.1. The number of aliphatic carboxylic acids is 1. The van der Waals surface area contributed by atoms with Crippen molar-refractivity contribution in [3.05, 3.63) is 35.4 Å². The van der Waals surface area contributed by atoms with E-state index in [1.54, 1.807) is 6.07 Å². The van der Waals surface area contributed by atoms with Crippen LogP contribution >= 0.6 is 0 Å². The summed E-state index contributed by atoms with van der Waals surface area (Å²) < 4.78 is 44.8. The molecule has 2 N–H and O–H groups in total. The molecule has 1 aliphatic carbocycles. The second-order valence-electron chi connectivity index (χ2n) is 7.73. The van der Waals surface area contributed by atoms with Gasteiger partial charge in [0.1, 0.15) is 0 Å². The van der Waals surface area contributed by atoms with E-state index in [9.17, 15) is 22.8 Å². The Balaban J connectivity index is 1.74. The lowest BCUT2D eigenvalue weighted by Gasteiger charge is -2.38. The van der Waals surface area contributed by atoms with Crippen LogP contribution < -0.4 is 5.32 Å². The lowest BCUT2D eigenvalue weighted by atomic mass is 9.73. The molecule has 28 heavy (non-hydrogen) atoms. The van der Waals surface area contributed by atoms with Crippen LogP contribution in [0.3, 0.4) is 0 Å². The quantitative estimate of drug-likeness (QED) is 0.796. The predicted octanol–water partition coefficient (Wildman–Crippen LogP) is 3.37. The first-order chi connectivity index (χ1) is 13.2. The first-order valence-electron chi connectivity index (χ1n) is 9.47. The third-order valence-electron chi connectivity index (χ3n) is 6.01. The Morgan fingerprint density at radius 1 is 1.18 bits per heavy atom. The molecule has 1 aromatic rings. The number of nitrogens with one attached hydrogen (secondary N) is 1. The van der Waals surface area contributed by atoms with Crippen molar-refractivity contribution in [2.75, 3.05) is 19.8 Å². The maximum atomic E-state index is 13.1. The topological polar surface area (TPSA) is 75.6 Å². The largest absolute Gasteiger partial charge is 0.481 e. The molecular formula is C20H24F3NO4. The molecule has 1 aromatic carbocycles. The molecule has 0 bridgehead atoms. The van der Waals surface area contributed by atoms with E-state index in [0.29, 0.717) is 50.9 Å². The van der Waals surface area contributed by atoms with Gasteiger partial charge in [-0.25, -0.2) is 0 Å². The Kier molecular flexibility index (Phi) is 5.98. The number of rotatable bonds is 5. The van der Waals surface area contributed by atoms with Crippen LogP contribution in [0.25, 0.3) is 0 Å². The number of hydrogen-bond donors (Lipinski definition) is 2. The van der Waals surface area contributed by atoms with Crippen LogP contribution in [0.4, 0.5) is 13.2 Å². The molecule has 2 atom stereocenters. The zero-order chi connectivity index (χ0) is 20.4. The summed E-state index contributed by atoms with van der Waals surface area (Å²) in [6, 6.07) is 5.27. The van der Waals surface area contributed by atoms with Gasteiger partial charge in [-0.2, -0.15) is 13.2 Å². The van der Waals surface area contributed by atoms with Crippen LogP contribution in [0.2, 0.25) is 0 Å². The van der Waals surface area contributed by atoms with Crippen LogP contribution in [0.1, 0.15) is 43.2 Å². The number of carboxylic acids is 1. The number of hydrogen-bond acceptors (Lipinski definition) is 3. The summed E-state index contributed by atoms with van der Waals surface area (Å²) in [6.07, 6.45) is -2.11. The molecule has 1 amide bonds. The summed E-state index contributed by atoms with van der Waals surface area (Å²) in [5.41, 5.74) is -0.789. The summed E-state index contributed by atoms with van der Waals surface area (Å²) in [5, 5.41) is 12.0. The fourth-order valence-corrected chi connectivity index (χ4v) is 4.20. The van der Waals surface area contributed by atoms with E-state index in [1.807, 2.05) is 0 Å². The van der Waals surface area contributed by atoms with Gasteiger partial charge in [0.2, 0.25) is 5.91 Å². The normalized spacial score (nSPS) is 24.7. The SMILES string of the molecule is O=C(O)[C@@H]1CC[C@H](C(=O)NCC2(c3cccc(C(F)(F)F)c3)CCOCC2)C1. The molecule has 8 heteroatoms. The Hall–Kier alpha value is -2.09. The minimum atomic E-state index is -4.43. The lowest BCUT2D eigenvalue weighted by Crippen LogP contribution is -2.46. The molecule has 2 fully saturated rings. The molecule has 154 valence electrons. The van der Waals surface area contributed by atoms with E-state index in [-0.39, 0.29) is 18.4 Å². The van der Waals surface area contributed by atoms with Gasteiger partial charge in [0.25, 0.3) is 0 Å². The monoisotopic (exact) mass is 399 g/mol. The highest BCUT2D eigenvalue weighted by Crippen LogP contribution is 2.38. The number of ether oxygens (including phenoxy) is 1. The van der Waals surface area contributed by atoms with Gasteiger partial charge in [-0.3, -0.25) is 9.59 Å². The van der Waals surface area contributed by atoms with Crippen LogP contribution in [0.15, 0.2) is 24.3 Å². The highest BCUT2D eigenvalue weighted by molar-refractivity contribution is 5.81. The van der Waals surface area contributed by atoms with Crippen LogP contribution in [0.5, 0.6) is 0 Å². The maximum Gasteiger partial charge on any atom is 0.416 e. The molecule has 1 aliphatic heterocycles. The lowest BCUT2D eigenvalue weighted by molar-refractivity contribution is -0.141. The minimum Gasteiger partial charge on any atom is -0.481 e. The van der Waals surface area contributed by atoms with E-state index in [2.05, 4.69) is 5.32 Å². The summed E-state index contributed by atoms with van der Waals surface area (Å²) in [7, 11) is 0. The Labute approximate surface area is 161 Å². The van der Waals surface area contributed by atoms with Gasteiger partial charge < -0.3 is 15.2 Å². The number of halogens is 3. The summed E-state index contributed by atoms with van der Waals surface area (Å²) in [5.74, 6) is -1.97. The third-order valence-corrected chi connectivity index (χ3v) is 6.01. The van der Waals surface area contributed by atoms with Crippen molar-refractivity contribution in [3.63, 3.8) is 0 Å². The molecule has 2 aliphatic rings. The van der Waals surface area contributed by atoms with Crippen molar-refractivity contribution in [3.8, 4) is 0 Å². The van der Waals surface area contributed by atoms with Crippen LogP contribution in [-0.2, 0) is 25.9 Å². The van der Waals surface area contributed by atoms with Crippen molar-refractivity contribution in [2.24, 2.45) is 11.8 Å². The third kappa shape index (κ3) is 4.48. The Bertz CT molecular complexity index is 728. The zero-order valence-corrected chi connectivity index (χ0v) is 15.4. The minimum absolute atomic E-state index is 0.213. The fourth-order valence-electron chi connectivity index (χ4n) is 4.20. The molecule has 1 saturated heterocycles. The van der Waals surface area contributed by atoms with Gasteiger partial charge in [-0.1, -0.05) is 18.2 Å². The number of amides is 1. The molecule has 0 spiro atoms. The van der Waals surface area contributed by atoms with Gasteiger partial charge in [0, 0.05) is 31.1 Å². The molecule has 5 nitrogen and oxygen atoms in total. The molecule has 0 unspecified atom stereocenters. The zero-order valence-electron chi connectivity index (χ0n) is 15.4. The van der Waals surface area contributed by atoms with Gasteiger partial charge in [-0.15, -0.1) is 0 Å². The summed E-state index contributed by atoms with van der Waals surface area (Å²) in [4.78, 5) is 23.6. The van der Waals surface area contributed by atoms with Crippen molar-refractivity contribution in [1.82, 2.24) is 5.32 Å². The van der Waals surface area contributed by atoms with Gasteiger partial charge >= 0.3 is 12.1 Å². The van der Waals surface area contributed by atoms with Crippen molar-refractivity contribution >= 4 is 11.9 Å². The average molecular weight is 399 g/mol. The number of carbonyl (C=O) groups is 2. The van der Waals surface area contributed by atoms with Crippen LogP contribution in [-0.4, -0.2) is 36.7 Å². The first-order valence-corrected chi connectivity index (χ1v) is 9.47. The number of benzene rings is 1. The van der Waals surface area contributed by atoms with Gasteiger partial charge in [-0.05, 0) is 43.7 Å². The predicted molar refractivity (Wildman–Crippen MR) is 94.7 cm³/mol. The molecular weight excluding hydrogens is 375 g/mol. The van der Waals surface area contributed by atoms with E-state index in [1.165, 1.54) is 6.07 Å². The van der Waals surface area contributed by atoms with E-state index < -0.39 is 29.0 Å². The summed E-state index contributed by atoms with van der Waals surface area (Å²) in [6.45, 7) is 1.04. The second kappa shape index (κ2) is 8.11. The number of alkyl halides is 3. The first kappa shape index (κ1) is 20.6. The molecule has 1 saturated carbocycles. The highest BCUT2D eigenvalue weighted by Gasteiger charge is 2.39. The van der Waals surface area contributed by atoms with Gasteiger partial charge in [0.15, 0.2) is 0 Å². The van der Waals surface area contributed by atoms with Crippen molar-refractivity contribution in [1.29, 1.82) is 0 Å². The standard InChI is InChI=1S/C20H24F3NO4/c21-20(22,23)16-3-1-2-15(11-16)19(6-8-28-9-7-19)12-24-17(25)13-4-5-14(10-13)18(26)27/h1-3,11,13-14H,4-10,12H2,(H,24,25)(H,26,27)/t13-,14+/m0/s1. The average Bonchev–Trinajstić information content (AvgIpc) is 3.17. The fraction of sp³-hybridized carbons (Fsp3) is 0.600. The highest BCUT2D eigenvalue weighted by atomic mass is 19.4. The van der Waals surface area contributed by atoms with Crippen molar-refractivity contribution < 1.29 is 32.6 Å². The van der Waals surface area contributed by atoms with E-state index in [0.717, 1.165) is 12.1 Å². The summed E-state index contributed by atoms with van der Waals surface area (Å²) >= 11 is 0. The van der Waals surface area contributed by atoms with Crippen molar-refractivity contribution in [2.45, 2.75) is 43.7 Å². The van der Waals surface area contributed by atoms with Crippen LogP contribution in [0, 0.1) is 11.8 Å². The van der Waals surface area contributed by atoms with E-state index in [4.69, 9.17) is 9.84 Å². The molecule has 1 heterocycles. The van der Waals surface area contributed by atoms with Gasteiger partial charge in [0.05, 0.1) is 11.5 Å².